The van der Waals surface area contributed by atoms with E-state index >= 15 is 0 Å². The molecule has 2 aromatic carbocycles. The second-order valence-electron chi connectivity index (χ2n) is 6.57. The Balaban J connectivity index is 2.03. The van der Waals surface area contributed by atoms with E-state index in [4.69, 9.17) is 14.3 Å². The molecule has 2 atom stereocenters. The molecule has 0 heterocycles. The number of hydrogen-bond acceptors (Lipinski definition) is 7. The molecule has 2 N–H and O–H groups in total. The third-order valence-electron chi connectivity index (χ3n) is 3.79. The molecule has 0 aliphatic rings. The SMILES string of the molecule is C[S@@](=N)(=O)C[C@@](O)(CC(=O)OCc1ccccc1)C(=O)OCc1ccccc1. The summed E-state index contributed by atoms with van der Waals surface area (Å²) in [6.07, 6.45) is 0.328. The van der Waals surface area contributed by atoms with Gasteiger partial charge in [0, 0.05) is 16.0 Å². The summed E-state index contributed by atoms with van der Waals surface area (Å²) >= 11 is 0. The van der Waals surface area contributed by atoms with Crippen LogP contribution in [0.1, 0.15) is 17.5 Å². The van der Waals surface area contributed by atoms with Crippen LogP contribution in [0.4, 0.5) is 0 Å². The summed E-state index contributed by atoms with van der Waals surface area (Å²) in [5.41, 5.74) is -0.977. The minimum Gasteiger partial charge on any atom is -0.461 e. The lowest BCUT2D eigenvalue weighted by atomic mass is 10.0. The molecule has 0 aliphatic heterocycles. The molecule has 7 nitrogen and oxygen atoms in total. The number of esters is 2. The van der Waals surface area contributed by atoms with E-state index in [0.29, 0.717) is 5.56 Å². The molecule has 0 bridgehead atoms. The largest absolute Gasteiger partial charge is 0.461 e. The highest BCUT2D eigenvalue weighted by atomic mass is 32.2. The number of aliphatic hydroxyl groups is 1. The fourth-order valence-electron chi connectivity index (χ4n) is 2.52. The molecule has 2 aromatic rings. The normalized spacial score (nSPS) is 15.1. The second kappa shape index (κ2) is 9.48. The highest BCUT2D eigenvalue weighted by Crippen LogP contribution is 2.19. The first-order chi connectivity index (χ1) is 13.2. The minimum atomic E-state index is -3.28. The van der Waals surface area contributed by atoms with Crippen molar-refractivity contribution in [2.75, 3.05) is 12.0 Å². The quantitative estimate of drug-likeness (QED) is 0.619. The molecule has 0 saturated carbocycles. The van der Waals surface area contributed by atoms with E-state index in [9.17, 15) is 18.9 Å². The van der Waals surface area contributed by atoms with E-state index < -0.39 is 39.4 Å². The van der Waals surface area contributed by atoms with Gasteiger partial charge in [-0.05, 0) is 11.1 Å². The summed E-state index contributed by atoms with van der Waals surface area (Å²) in [6, 6.07) is 17.7. The van der Waals surface area contributed by atoms with Crippen LogP contribution < -0.4 is 0 Å². The smallest absolute Gasteiger partial charge is 0.340 e. The average molecular weight is 405 g/mol. The average Bonchev–Trinajstić information content (AvgIpc) is 2.64. The van der Waals surface area contributed by atoms with Crippen molar-refractivity contribution in [2.45, 2.75) is 25.2 Å². The molecule has 150 valence electrons. The van der Waals surface area contributed by atoms with E-state index in [1.165, 1.54) is 0 Å². The van der Waals surface area contributed by atoms with Crippen molar-refractivity contribution in [3.05, 3.63) is 71.8 Å². The highest BCUT2D eigenvalue weighted by Gasteiger charge is 2.43. The maximum atomic E-state index is 12.4. The molecule has 0 aliphatic carbocycles. The summed E-state index contributed by atoms with van der Waals surface area (Å²) < 4.78 is 29.6. The maximum Gasteiger partial charge on any atom is 0.340 e. The van der Waals surface area contributed by atoms with E-state index in [2.05, 4.69) is 0 Å². The zero-order valence-electron chi connectivity index (χ0n) is 15.5. The van der Waals surface area contributed by atoms with Crippen molar-refractivity contribution in [1.82, 2.24) is 0 Å². The predicted molar refractivity (Wildman–Crippen MR) is 104 cm³/mol. The van der Waals surface area contributed by atoms with Crippen LogP contribution in [0.25, 0.3) is 0 Å². The standard InChI is InChI=1S/C20H23NO6S/c1-28(21,25)15-20(24,19(23)27-14-17-10-6-3-7-11-17)12-18(22)26-13-16-8-4-2-5-9-16/h2-11,21,24H,12-15H2,1H3/t20-,28+/m0/s1. The summed E-state index contributed by atoms with van der Waals surface area (Å²) in [5.74, 6) is -2.70. The Bertz CT molecular complexity index is 899. The maximum absolute atomic E-state index is 12.4. The molecule has 0 spiro atoms. The van der Waals surface area contributed by atoms with Gasteiger partial charge in [0.1, 0.15) is 13.2 Å². The van der Waals surface area contributed by atoms with Crippen LogP contribution in [-0.2, 0) is 42.0 Å². The van der Waals surface area contributed by atoms with Gasteiger partial charge in [-0.25, -0.2) is 4.79 Å². The fourth-order valence-corrected chi connectivity index (χ4v) is 3.65. The number of nitrogens with one attached hydrogen (secondary N) is 1. The first-order valence-electron chi connectivity index (χ1n) is 8.52. The summed E-state index contributed by atoms with van der Waals surface area (Å²) in [7, 11) is -3.28. The van der Waals surface area contributed by atoms with E-state index in [1.54, 1.807) is 54.6 Å². The molecule has 28 heavy (non-hydrogen) atoms. The fraction of sp³-hybridized carbons (Fsp3) is 0.300. The van der Waals surface area contributed by atoms with Crippen LogP contribution in [-0.4, -0.2) is 38.9 Å². The van der Waals surface area contributed by atoms with Gasteiger partial charge < -0.3 is 14.6 Å². The van der Waals surface area contributed by atoms with Gasteiger partial charge in [0.05, 0.1) is 12.2 Å². The minimum absolute atomic E-state index is 0.0306. The molecule has 0 unspecified atom stereocenters. The molecular weight excluding hydrogens is 382 g/mol. The lowest BCUT2D eigenvalue weighted by Crippen LogP contribution is -2.47. The van der Waals surface area contributed by atoms with Gasteiger partial charge in [0.25, 0.3) is 0 Å². The van der Waals surface area contributed by atoms with Crippen LogP contribution in [0, 0.1) is 4.78 Å². The Morgan fingerprint density at radius 1 is 0.964 bits per heavy atom. The number of rotatable bonds is 9. The van der Waals surface area contributed by atoms with Gasteiger partial charge in [0.2, 0.25) is 0 Å². The Morgan fingerprint density at radius 3 is 1.89 bits per heavy atom. The van der Waals surface area contributed by atoms with Gasteiger partial charge >= 0.3 is 11.9 Å². The lowest BCUT2D eigenvalue weighted by Gasteiger charge is -2.25. The molecule has 2 rings (SSSR count). The molecule has 0 fully saturated rings. The highest BCUT2D eigenvalue weighted by molar-refractivity contribution is 7.91. The third kappa shape index (κ3) is 7.13. The number of benzene rings is 2. The summed E-state index contributed by atoms with van der Waals surface area (Å²) in [6.45, 7) is -0.152. The van der Waals surface area contributed by atoms with E-state index in [-0.39, 0.29) is 13.2 Å². The van der Waals surface area contributed by atoms with Gasteiger partial charge in [0.15, 0.2) is 5.60 Å². The number of hydrogen-bond donors (Lipinski definition) is 2. The first kappa shape index (κ1) is 21.6. The van der Waals surface area contributed by atoms with Crippen molar-refractivity contribution in [3.63, 3.8) is 0 Å². The molecule has 0 amide bonds. The van der Waals surface area contributed by atoms with Crippen LogP contribution in [0.2, 0.25) is 0 Å². The number of carbonyl (C=O) groups is 2. The first-order valence-corrected chi connectivity index (χ1v) is 10.7. The van der Waals surface area contributed by atoms with Crippen molar-refractivity contribution < 1.29 is 28.4 Å². The van der Waals surface area contributed by atoms with Crippen molar-refractivity contribution >= 4 is 21.7 Å². The Hall–Kier alpha value is -2.71. The molecule has 0 radical (unpaired) electrons. The van der Waals surface area contributed by atoms with Gasteiger partial charge in [-0.2, -0.15) is 0 Å². The van der Waals surface area contributed by atoms with E-state index in [0.717, 1.165) is 11.8 Å². The number of carbonyl (C=O) groups excluding carboxylic acids is 2. The summed E-state index contributed by atoms with van der Waals surface area (Å²) in [5, 5.41) is 10.7. The van der Waals surface area contributed by atoms with Gasteiger partial charge in [-0.15, -0.1) is 0 Å². The Morgan fingerprint density at radius 2 is 1.43 bits per heavy atom. The molecule has 0 aromatic heterocycles. The predicted octanol–water partition coefficient (Wildman–Crippen LogP) is 2.27. The zero-order chi connectivity index (χ0) is 20.6. The van der Waals surface area contributed by atoms with Crippen molar-refractivity contribution in [2.24, 2.45) is 0 Å². The molecule has 0 saturated heterocycles. The van der Waals surface area contributed by atoms with Crippen LogP contribution in [0.15, 0.2) is 60.7 Å². The van der Waals surface area contributed by atoms with E-state index in [1.807, 2.05) is 6.07 Å². The van der Waals surface area contributed by atoms with Crippen LogP contribution in [0.3, 0.4) is 0 Å². The second-order valence-corrected chi connectivity index (χ2v) is 8.86. The monoisotopic (exact) mass is 405 g/mol. The number of ether oxygens (including phenoxy) is 2. The van der Waals surface area contributed by atoms with Crippen LogP contribution in [0.5, 0.6) is 0 Å². The lowest BCUT2D eigenvalue weighted by molar-refractivity contribution is -0.171. The third-order valence-corrected chi connectivity index (χ3v) is 4.81. The Labute approximate surface area is 164 Å². The van der Waals surface area contributed by atoms with Crippen molar-refractivity contribution in [1.29, 1.82) is 4.78 Å². The zero-order valence-corrected chi connectivity index (χ0v) is 16.3. The molecule has 8 heteroatoms. The van der Waals surface area contributed by atoms with Crippen molar-refractivity contribution in [3.8, 4) is 0 Å². The van der Waals surface area contributed by atoms with Crippen LogP contribution >= 0.6 is 0 Å². The Kier molecular flexibility index (Phi) is 7.31. The molecular formula is C20H23NO6S. The van der Waals surface area contributed by atoms with Gasteiger partial charge in [-0.1, -0.05) is 60.7 Å². The van der Waals surface area contributed by atoms with Gasteiger partial charge in [-0.3, -0.25) is 13.8 Å². The summed E-state index contributed by atoms with van der Waals surface area (Å²) in [4.78, 5) is 24.6. The topological polar surface area (TPSA) is 114 Å².